The summed E-state index contributed by atoms with van der Waals surface area (Å²) in [5, 5.41) is 14.9. The van der Waals surface area contributed by atoms with Crippen molar-refractivity contribution in [3.8, 4) is 17.2 Å². The topological polar surface area (TPSA) is 87.7 Å². The molecule has 0 spiro atoms. The standard InChI is InChI=1S/C28H21BrN2O4/c29-24-8-4-5-9-26(24)35-23-16-10-19(11-17-23)18-25(31-27(33)20-6-2-1-3-7-20)28(34)30-21-12-14-22(32)15-13-21/h1-18,32H,(H,30,34)(H,31,33)/b25-18+. The number of carbonyl (C=O) groups is 2. The molecule has 0 aliphatic carbocycles. The van der Waals surface area contributed by atoms with Gasteiger partial charge in [-0.15, -0.1) is 0 Å². The van der Waals surface area contributed by atoms with E-state index in [9.17, 15) is 14.7 Å². The van der Waals surface area contributed by atoms with E-state index in [-0.39, 0.29) is 11.4 Å². The minimum absolute atomic E-state index is 0.0615. The number of phenols is 1. The summed E-state index contributed by atoms with van der Waals surface area (Å²) in [6.07, 6.45) is 1.58. The van der Waals surface area contributed by atoms with Crippen LogP contribution in [0, 0.1) is 0 Å². The van der Waals surface area contributed by atoms with Gasteiger partial charge in [0.05, 0.1) is 4.47 Å². The van der Waals surface area contributed by atoms with Crippen molar-refractivity contribution in [1.29, 1.82) is 0 Å². The van der Waals surface area contributed by atoms with Crippen LogP contribution < -0.4 is 15.4 Å². The monoisotopic (exact) mass is 528 g/mol. The number of benzene rings is 4. The molecule has 7 heteroatoms. The zero-order chi connectivity index (χ0) is 24.6. The molecule has 0 atom stereocenters. The number of phenolic OH excluding ortho intramolecular Hbond substituents is 1. The van der Waals surface area contributed by atoms with Gasteiger partial charge in [-0.25, -0.2) is 0 Å². The van der Waals surface area contributed by atoms with Crippen LogP contribution in [0.3, 0.4) is 0 Å². The number of carbonyl (C=O) groups excluding carboxylic acids is 2. The van der Waals surface area contributed by atoms with Gasteiger partial charge in [0, 0.05) is 11.3 Å². The van der Waals surface area contributed by atoms with Crippen LogP contribution in [0.4, 0.5) is 5.69 Å². The van der Waals surface area contributed by atoms with E-state index in [0.29, 0.717) is 28.3 Å². The Kier molecular flexibility index (Phi) is 7.60. The van der Waals surface area contributed by atoms with Crippen molar-refractivity contribution >= 4 is 39.5 Å². The Morgan fingerprint density at radius 1 is 0.800 bits per heavy atom. The number of hydrogen-bond donors (Lipinski definition) is 3. The van der Waals surface area contributed by atoms with Gasteiger partial charge >= 0.3 is 0 Å². The molecule has 0 saturated carbocycles. The van der Waals surface area contributed by atoms with Crippen LogP contribution in [-0.4, -0.2) is 16.9 Å². The SMILES string of the molecule is O=C(Nc1ccc(O)cc1)/C(=C\c1ccc(Oc2ccccc2Br)cc1)NC(=O)c1ccccc1. The molecule has 2 amide bonds. The lowest BCUT2D eigenvalue weighted by molar-refractivity contribution is -0.113. The van der Waals surface area contributed by atoms with Gasteiger partial charge in [0.1, 0.15) is 22.9 Å². The lowest BCUT2D eigenvalue weighted by Crippen LogP contribution is -2.30. The van der Waals surface area contributed by atoms with Crippen molar-refractivity contribution in [3.05, 3.63) is 124 Å². The van der Waals surface area contributed by atoms with Crippen molar-refractivity contribution in [3.63, 3.8) is 0 Å². The summed E-state index contributed by atoms with van der Waals surface area (Å²) in [5.41, 5.74) is 1.65. The highest BCUT2D eigenvalue weighted by Gasteiger charge is 2.15. The van der Waals surface area contributed by atoms with Gasteiger partial charge in [0.2, 0.25) is 0 Å². The Balaban J connectivity index is 1.57. The molecule has 0 aliphatic heterocycles. The first kappa shape index (κ1) is 23.8. The summed E-state index contributed by atoms with van der Waals surface area (Å²) >= 11 is 3.46. The van der Waals surface area contributed by atoms with Crippen LogP contribution >= 0.6 is 15.9 Å². The molecule has 0 heterocycles. The van der Waals surface area contributed by atoms with Crippen LogP contribution in [0.25, 0.3) is 6.08 Å². The van der Waals surface area contributed by atoms with Gasteiger partial charge in [-0.3, -0.25) is 9.59 Å². The second-order valence-electron chi connectivity index (χ2n) is 7.48. The minimum atomic E-state index is -0.506. The molecular formula is C28H21BrN2O4. The van der Waals surface area contributed by atoms with E-state index in [2.05, 4.69) is 26.6 Å². The molecule has 4 rings (SSSR count). The lowest BCUT2D eigenvalue weighted by Gasteiger charge is -2.12. The molecule has 3 N–H and O–H groups in total. The Bertz CT molecular complexity index is 1350. The molecule has 0 fully saturated rings. The van der Waals surface area contributed by atoms with Crippen molar-refractivity contribution in [2.75, 3.05) is 5.32 Å². The van der Waals surface area contributed by atoms with Crippen molar-refractivity contribution in [2.45, 2.75) is 0 Å². The highest BCUT2D eigenvalue weighted by Crippen LogP contribution is 2.29. The van der Waals surface area contributed by atoms with Crippen LogP contribution in [0.5, 0.6) is 17.2 Å². The van der Waals surface area contributed by atoms with E-state index < -0.39 is 11.8 Å². The van der Waals surface area contributed by atoms with Gasteiger partial charge < -0.3 is 20.5 Å². The van der Waals surface area contributed by atoms with Gasteiger partial charge in [0.15, 0.2) is 0 Å². The number of ether oxygens (including phenoxy) is 1. The lowest BCUT2D eigenvalue weighted by atomic mass is 10.1. The highest BCUT2D eigenvalue weighted by molar-refractivity contribution is 9.10. The third kappa shape index (κ3) is 6.59. The van der Waals surface area contributed by atoms with Gasteiger partial charge in [-0.1, -0.05) is 42.5 Å². The van der Waals surface area contributed by atoms with Crippen molar-refractivity contribution < 1.29 is 19.4 Å². The van der Waals surface area contributed by atoms with Crippen molar-refractivity contribution in [2.24, 2.45) is 0 Å². The van der Waals surface area contributed by atoms with E-state index in [0.717, 1.165) is 4.47 Å². The molecular weight excluding hydrogens is 508 g/mol. The molecule has 4 aromatic rings. The molecule has 6 nitrogen and oxygen atoms in total. The smallest absolute Gasteiger partial charge is 0.272 e. The number of nitrogens with one attached hydrogen (secondary N) is 2. The predicted molar refractivity (Wildman–Crippen MR) is 139 cm³/mol. The molecule has 0 unspecified atom stereocenters. The number of hydrogen-bond acceptors (Lipinski definition) is 4. The zero-order valence-electron chi connectivity index (χ0n) is 18.4. The second-order valence-corrected chi connectivity index (χ2v) is 8.34. The molecule has 4 aromatic carbocycles. The molecule has 174 valence electrons. The molecule has 35 heavy (non-hydrogen) atoms. The van der Waals surface area contributed by atoms with Crippen LogP contribution in [-0.2, 0) is 4.79 Å². The average molecular weight is 529 g/mol. The Labute approximate surface area is 211 Å². The summed E-state index contributed by atoms with van der Waals surface area (Å²) in [4.78, 5) is 25.8. The van der Waals surface area contributed by atoms with Crippen LogP contribution in [0.15, 0.2) is 113 Å². The Morgan fingerprint density at radius 2 is 1.46 bits per heavy atom. The zero-order valence-corrected chi connectivity index (χ0v) is 20.0. The fourth-order valence-corrected chi connectivity index (χ4v) is 3.50. The summed E-state index contributed by atoms with van der Waals surface area (Å²) in [7, 11) is 0. The number of halogens is 1. The third-order valence-electron chi connectivity index (χ3n) is 4.91. The number of anilines is 1. The molecule has 0 aliphatic rings. The molecule has 0 radical (unpaired) electrons. The van der Waals surface area contributed by atoms with Gasteiger partial charge in [-0.05, 0) is 88.2 Å². The summed E-state index contributed by atoms with van der Waals surface area (Å²) < 4.78 is 6.72. The predicted octanol–water partition coefficient (Wildman–Crippen LogP) is 6.36. The molecule has 0 aromatic heterocycles. The third-order valence-corrected chi connectivity index (χ3v) is 5.56. The van der Waals surface area contributed by atoms with E-state index in [1.807, 2.05) is 30.3 Å². The number of amides is 2. The normalized spacial score (nSPS) is 10.9. The quantitative estimate of drug-likeness (QED) is 0.192. The van der Waals surface area contributed by atoms with Crippen LogP contribution in [0.2, 0.25) is 0 Å². The summed E-state index contributed by atoms with van der Waals surface area (Å²) in [5.74, 6) is 0.471. The summed E-state index contributed by atoms with van der Waals surface area (Å²) in [6.45, 7) is 0. The summed E-state index contributed by atoms with van der Waals surface area (Å²) in [6, 6.07) is 29.3. The maximum atomic E-state index is 13.0. The minimum Gasteiger partial charge on any atom is -0.508 e. The fraction of sp³-hybridized carbons (Fsp3) is 0. The average Bonchev–Trinajstić information content (AvgIpc) is 2.88. The molecule has 0 bridgehead atoms. The number of rotatable bonds is 7. The maximum Gasteiger partial charge on any atom is 0.272 e. The Morgan fingerprint density at radius 3 is 2.14 bits per heavy atom. The highest BCUT2D eigenvalue weighted by atomic mass is 79.9. The largest absolute Gasteiger partial charge is 0.508 e. The first-order chi connectivity index (χ1) is 17.0. The maximum absolute atomic E-state index is 13.0. The van der Waals surface area contributed by atoms with E-state index in [1.165, 1.54) is 12.1 Å². The van der Waals surface area contributed by atoms with Crippen molar-refractivity contribution in [1.82, 2.24) is 5.32 Å². The van der Waals surface area contributed by atoms with E-state index in [4.69, 9.17) is 4.74 Å². The second kappa shape index (κ2) is 11.2. The van der Waals surface area contributed by atoms with Gasteiger partial charge in [-0.2, -0.15) is 0 Å². The fourth-order valence-electron chi connectivity index (χ4n) is 3.14. The Hall–Kier alpha value is -4.36. The van der Waals surface area contributed by atoms with Gasteiger partial charge in [0.25, 0.3) is 11.8 Å². The first-order valence-corrected chi connectivity index (χ1v) is 11.5. The number of aromatic hydroxyl groups is 1. The van der Waals surface area contributed by atoms with E-state index in [1.54, 1.807) is 66.7 Å². The van der Waals surface area contributed by atoms with E-state index >= 15 is 0 Å². The number of para-hydroxylation sites is 1. The first-order valence-electron chi connectivity index (χ1n) is 10.7. The van der Waals surface area contributed by atoms with Crippen LogP contribution in [0.1, 0.15) is 15.9 Å². The molecule has 0 saturated heterocycles.